The lowest BCUT2D eigenvalue weighted by molar-refractivity contribution is -0.136. The van der Waals surface area contributed by atoms with Crippen molar-refractivity contribution in [3.63, 3.8) is 0 Å². The van der Waals surface area contributed by atoms with Crippen molar-refractivity contribution in [2.75, 3.05) is 6.54 Å². The van der Waals surface area contributed by atoms with Crippen molar-refractivity contribution >= 4 is 40.1 Å². The number of ketones is 1. The van der Waals surface area contributed by atoms with E-state index in [0.717, 1.165) is 58.4 Å². The number of hydrogen-bond donors (Lipinski definition) is 2. The highest BCUT2D eigenvalue weighted by Crippen LogP contribution is 2.35. The van der Waals surface area contributed by atoms with Crippen LogP contribution in [0.4, 0.5) is 4.79 Å². The van der Waals surface area contributed by atoms with Crippen molar-refractivity contribution in [1.82, 2.24) is 9.88 Å². The monoisotopic (exact) mass is 622 g/mol. The average Bonchev–Trinajstić information content (AvgIpc) is 3.59. The Morgan fingerprint density at radius 3 is 2.20 bits per heavy atom. The molecular weight excluding hydrogens is 584 g/mol. The Morgan fingerprint density at radius 1 is 0.844 bits per heavy atom. The molecule has 45 heavy (non-hydrogen) atoms. The fourth-order valence-corrected chi connectivity index (χ4v) is 6.52. The zero-order chi connectivity index (χ0) is 32.0. The number of aromatic nitrogens is 1. The molecule has 0 bridgehead atoms. The van der Waals surface area contributed by atoms with Crippen molar-refractivity contribution in [3.8, 4) is 21.7 Å². The summed E-state index contributed by atoms with van der Waals surface area (Å²) < 4.78 is 7.58. The normalized spacial score (nSPS) is 11.4. The van der Waals surface area contributed by atoms with Gasteiger partial charge in [-0.05, 0) is 74.9 Å². The first-order valence-electron chi connectivity index (χ1n) is 15.2. The zero-order valence-corrected chi connectivity index (χ0v) is 26.7. The summed E-state index contributed by atoms with van der Waals surface area (Å²) in [6.07, 6.45) is 2.07. The summed E-state index contributed by atoms with van der Waals surface area (Å²) in [6.45, 7) is 6.82. The molecule has 7 nitrogen and oxygen atoms in total. The number of carboxylic acids is 1. The van der Waals surface area contributed by atoms with Crippen molar-refractivity contribution < 1.29 is 24.2 Å². The largest absolute Gasteiger partial charge is 0.481 e. The van der Waals surface area contributed by atoms with Gasteiger partial charge in [-0.25, -0.2) is 4.79 Å². The van der Waals surface area contributed by atoms with Gasteiger partial charge in [0.2, 0.25) is 5.78 Å². The number of amides is 1. The molecule has 2 heterocycles. The summed E-state index contributed by atoms with van der Waals surface area (Å²) >= 11 is 1.34. The summed E-state index contributed by atoms with van der Waals surface area (Å²) in [4.78, 5) is 38.8. The molecule has 232 valence electrons. The summed E-state index contributed by atoms with van der Waals surface area (Å²) in [7, 11) is 0. The molecule has 1 amide bonds. The third-order valence-electron chi connectivity index (χ3n) is 7.37. The Hall–Kier alpha value is -4.69. The standard InChI is InChI=1S/C37H38N2O5S/c1-37(2,3)44-36(43)38-19-11-6-12-20-39-30(25-13-7-4-8-14-25)21-27-17-18-28(22-31(27)39)34(42)32-23-29(24-33(40)41)35(45-32)26-15-9-5-10-16-26/h4-5,7-10,13-18,21-23H,6,11-12,19-20,24H2,1-3H3,(H,38,43)(H,40,41). The molecule has 8 heteroatoms. The number of hydrogen-bond acceptors (Lipinski definition) is 5. The maximum atomic E-state index is 13.8. The molecule has 0 saturated carbocycles. The lowest BCUT2D eigenvalue weighted by Gasteiger charge is -2.19. The van der Waals surface area contributed by atoms with Crippen LogP contribution in [0.25, 0.3) is 32.6 Å². The molecule has 0 aliphatic heterocycles. The SMILES string of the molecule is CC(C)(C)OC(=O)NCCCCCn1c(-c2ccccc2)cc2ccc(C(=O)c3cc(CC(=O)O)c(-c4ccccc4)s3)cc21. The smallest absolute Gasteiger partial charge is 0.407 e. The molecular formula is C37H38N2O5S. The highest BCUT2D eigenvalue weighted by molar-refractivity contribution is 7.17. The Morgan fingerprint density at radius 2 is 1.53 bits per heavy atom. The van der Waals surface area contributed by atoms with Crippen LogP contribution in [0.3, 0.4) is 0 Å². The minimum absolute atomic E-state index is 0.127. The number of benzene rings is 3. The van der Waals surface area contributed by atoms with Crippen molar-refractivity contribution in [2.45, 2.75) is 58.6 Å². The minimum Gasteiger partial charge on any atom is -0.481 e. The molecule has 2 aromatic heterocycles. The highest BCUT2D eigenvalue weighted by Gasteiger charge is 2.21. The van der Waals surface area contributed by atoms with Gasteiger partial charge in [0.25, 0.3) is 0 Å². The second-order valence-corrected chi connectivity index (χ2v) is 13.1. The van der Waals surface area contributed by atoms with Crippen LogP contribution in [0.2, 0.25) is 0 Å². The van der Waals surface area contributed by atoms with Gasteiger partial charge in [-0.2, -0.15) is 0 Å². The van der Waals surface area contributed by atoms with E-state index in [1.807, 2.05) is 87.5 Å². The molecule has 3 aromatic carbocycles. The Kier molecular flexibility index (Phi) is 9.83. The number of carbonyl (C=O) groups is 3. The lowest BCUT2D eigenvalue weighted by atomic mass is 10.0. The van der Waals surface area contributed by atoms with Crippen molar-refractivity contribution in [1.29, 1.82) is 0 Å². The maximum Gasteiger partial charge on any atom is 0.407 e. The number of unbranched alkanes of at least 4 members (excludes halogenated alkanes) is 2. The second kappa shape index (κ2) is 13.9. The van der Waals surface area contributed by atoms with Gasteiger partial charge in [0.05, 0.1) is 11.3 Å². The summed E-state index contributed by atoms with van der Waals surface area (Å²) in [6, 6.07) is 29.5. The van der Waals surface area contributed by atoms with E-state index >= 15 is 0 Å². The van der Waals surface area contributed by atoms with Crippen molar-refractivity contribution in [3.05, 3.63) is 107 Å². The van der Waals surface area contributed by atoms with E-state index in [2.05, 4.69) is 28.1 Å². The summed E-state index contributed by atoms with van der Waals surface area (Å²) in [5, 5.41) is 13.4. The van der Waals surface area contributed by atoms with E-state index in [4.69, 9.17) is 4.74 Å². The molecule has 0 radical (unpaired) electrons. The van der Waals surface area contributed by atoms with E-state index in [1.165, 1.54) is 11.3 Å². The third-order valence-corrected chi connectivity index (χ3v) is 8.60. The van der Waals surface area contributed by atoms with Gasteiger partial charge in [0.1, 0.15) is 5.60 Å². The quantitative estimate of drug-likeness (QED) is 0.107. The van der Waals surface area contributed by atoms with Crippen LogP contribution in [-0.4, -0.2) is 39.7 Å². The number of fused-ring (bicyclic) bond motifs is 1. The first kappa shape index (κ1) is 31.7. The van der Waals surface area contributed by atoms with Gasteiger partial charge in [0.15, 0.2) is 0 Å². The van der Waals surface area contributed by atoms with Gasteiger partial charge in [-0.1, -0.05) is 72.8 Å². The van der Waals surface area contributed by atoms with E-state index in [1.54, 1.807) is 6.07 Å². The van der Waals surface area contributed by atoms with Crippen LogP contribution >= 0.6 is 11.3 Å². The fraction of sp³-hybridized carbons (Fsp3) is 0.270. The Labute approximate surface area is 267 Å². The molecule has 0 unspecified atom stereocenters. The number of carboxylic acid groups (broad SMARTS) is 1. The number of ether oxygens (including phenoxy) is 1. The molecule has 0 atom stereocenters. The van der Waals surface area contributed by atoms with Crippen LogP contribution in [0, 0.1) is 0 Å². The van der Waals surface area contributed by atoms with E-state index in [9.17, 15) is 19.5 Å². The maximum absolute atomic E-state index is 13.8. The van der Waals surface area contributed by atoms with Crippen LogP contribution in [0.5, 0.6) is 0 Å². The zero-order valence-electron chi connectivity index (χ0n) is 25.8. The molecule has 0 saturated heterocycles. The first-order chi connectivity index (χ1) is 21.6. The predicted molar refractivity (Wildman–Crippen MR) is 180 cm³/mol. The Balaban J connectivity index is 1.39. The van der Waals surface area contributed by atoms with Gasteiger partial charge in [-0.15, -0.1) is 11.3 Å². The Bertz CT molecular complexity index is 1800. The van der Waals surface area contributed by atoms with Crippen molar-refractivity contribution in [2.24, 2.45) is 0 Å². The molecule has 5 rings (SSSR count). The van der Waals surface area contributed by atoms with Gasteiger partial charge in [-0.3, -0.25) is 9.59 Å². The number of rotatable bonds is 12. The van der Waals surface area contributed by atoms with E-state index in [0.29, 0.717) is 22.5 Å². The molecule has 0 fully saturated rings. The van der Waals surface area contributed by atoms with Crippen LogP contribution in [0.15, 0.2) is 91.0 Å². The highest BCUT2D eigenvalue weighted by atomic mass is 32.1. The number of carbonyl (C=O) groups excluding carboxylic acids is 2. The average molecular weight is 623 g/mol. The van der Waals surface area contributed by atoms with Crippen LogP contribution in [-0.2, 0) is 22.5 Å². The van der Waals surface area contributed by atoms with Gasteiger partial charge >= 0.3 is 12.1 Å². The van der Waals surface area contributed by atoms with Crippen LogP contribution < -0.4 is 5.32 Å². The number of thiophene rings is 1. The fourth-order valence-electron chi connectivity index (χ4n) is 5.37. The number of nitrogens with zero attached hydrogens (tertiary/aromatic N) is 1. The molecule has 0 aliphatic carbocycles. The number of alkyl carbamates (subject to hydrolysis) is 1. The number of nitrogens with one attached hydrogen (secondary N) is 1. The van der Waals surface area contributed by atoms with Gasteiger partial charge in [0, 0.05) is 40.1 Å². The number of aliphatic carboxylic acids is 1. The minimum atomic E-state index is -0.933. The molecule has 2 N–H and O–H groups in total. The molecule has 0 spiro atoms. The first-order valence-corrected chi connectivity index (χ1v) is 16.0. The summed E-state index contributed by atoms with van der Waals surface area (Å²) in [5.41, 5.74) is 4.71. The molecule has 5 aromatic rings. The molecule has 0 aliphatic rings. The number of aryl methyl sites for hydroxylation is 1. The predicted octanol–water partition coefficient (Wildman–Crippen LogP) is 8.59. The summed E-state index contributed by atoms with van der Waals surface area (Å²) in [5.74, 6) is -1.06. The second-order valence-electron chi connectivity index (χ2n) is 12.0. The van der Waals surface area contributed by atoms with Gasteiger partial charge < -0.3 is 19.7 Å². The van der Waals surface area contributed by atoms with E-state index in [-0.39, 0.29) is 12.2 Å². The van der Waals surface area contributed by atoms with E-state index < -0.39 is 17.7 Å². The third kappa shape index (κ3) is 8.08. The van der Waals surface area contributed by atoms with Crippen LogP contribution in [0.1, 0.15) is 60.8 Å². The lowest BCUT2D eigenvalue weighted by Crippen LogP contribution is -2.33. The topological polar surface area (TPSA) is 97.6 Å².